The van der Waals surface area contributed by atoms with Crippen molar-refractivity contribution in [1.29, 1.82) is 0 Å². The number of nitrogens with zero attached hydrogens (tertiary/aromatic N) is 3. The minimum Gasteiger partial charge on any atom is -0.480 e. The number of hydrogen-bond donors (Lipinski definition) is 1. The summed E-state index contributed by atoms with van der Waals surface area (Å²) in [7, 11) is 5.56. The number of nitrogens with one attached hydrogen (secondary N) is 1. The first-order valence-electron chi connectivity index (χ1n) is 5.51. The van der Waals surface area contributed by atoms with E-state index in [9.17, 15) is 0 Å². The maximum atomic E-state index is 5.26. The Morgan fingerprint density at radius 3 is 2.89 bits per heavy atom. The Kier molecular flexibility index (Phi) is 4.16. The molecule has 0 bridgehead atoms. The van der Waals surface area contributed by atoms with Gasteiger partial charge in [-0.15, -0.1) is 0 Å². The van der Waals surface area contributed by atoms with E-state index in [1.54, 1.807) is 24.7 Å². The van der Waals surface area contributed by atoms with Crippen molar-refractivity contribution in [2.24, 2.45) is 0 Å². The van der Waals surface area contributed by atoms with Crippen molar-refractivity contribution < 1.29 is 9.26 Å². The Balaban J connectivity index is 1.95. The van der Waals surface area contributed by atoms with Gasteiger partial charge >= 0.3 is 0 Å². The molecule has 0 aliphatic carbocycles. The van der Waals surface area contributed by atoms with Crippen LogP contribution in [-0.4, -0.2) is 31.3 Å². The van der Waals surface area contributed by atoms with E-state index >= 15 is 0 Å². The van der Waals surface area contributed by atoms with Gasteiger partial charge < -0.3 is 19.5 Å². The summed E-state index contributed by atoms with van der Waals surface area (Å²) in [4.78, 5) is 7.43. The van der Waals surface area contributed by atoms with E-state index in [2.05, 4.69) is 15.5 Å². The van der Waals surface area contributed by atoms with E-state index in [4.69, 9.17) is 9.26 Å². The van der Waals surface area contributed by atoms with Crippen LogP contribution in [0, 0.1) is 0 Å². The molecule has 0 aliphatic heterocycles. The van der Waals surface area contributed by atoms with Gasteiger partial charge in [0.25, 0.3) is 0 Å². The topological polar surface area (TPSA) is 63.4 Å². The lowest BCUT2D eigenvalue weighted by atomic mass is 10.4. The van der Waals surface area contributed by atoms with Gasteiger partial charge in [-0.05, 0) is 0 Å². The fourth-order valence-electron chi connectivity index (χ4n) is 1.42. The average molecular weight is 268 g/mol. The number of methoxy groups -OCH3 is 1. The number of ether oxygens (including phenoxy) is 1. The quantitative estimate of drug-likeness (QED) is 0.856. The van der Waals surface area contributed by atoms with Crippen LogP contribution >= 0.6 is 11.3 Å². The van der Waals surface area contributed by atoms with Gasteiger partial charge in [0.2, 0.25) is 5.88 Å². The van der Waals surface area contributed by atoms with Crippen molar-refractivity contribution in [3.8, 4) is 5.88 Å². The highest BCUT2D eigenvalue weighted by Crippen LogP contribution is 2.30. The highest BCUT2D eigenvalue weighted by atomic mass is 32.1. The van der Waals surface area contributed by atoms with E-state index in [1.807, 2.05) is 25.1 Å². The lowest BCUT2D eigenvalue weighted by Crippen LogP contribution is -2.12. The van der Waals surface area contributed by atoms with Gasteiger partial charge in [0.1, 0.15) is 6.26 Å². The van der Waals surface area contributed by atoms with Crippen molar-refractivity contribution in [3.63, 3.8) is 0 Å². The molecule has 0 atom stereocenters. The van der Waals surface area contributed by atoms with Gasteiger partial charge in [-0.25, -0.2) is 0 Å². The minimum absolute atomic E-state index is 0.662. The molecule has 0 saturated carbocycles. The number of hydrogen-bond acceptors (Lipinski definition) is 7. The first-order valence-corrected chi connectivity index (χ1v) is 6.33. The summed E-state index contributed by atoms with van der Waals surface area (Å²) >= 11 is 1.61. The Morgan fingerprint density at radius 2 is 2.28 bits per heavy atom. The van der Waals surface area contributed by atoms with Crippen LogP contribution in [0.1, 0.15) is 10.6 Å². The number of aromatic nitrogens is 2. The van der Waals surface area contributed by atoms with E-state index in [1.165, 1.54) is 0 Å². The first kappa shape index (κ1) is 12.8. The lowest BCUT2D eigenvalue weighted by molar-refractivity contribution is 0.393. The van der Waals surface area contributed by atoms with Crippen LogP contribution < -0.4 is 15.0 Å². The molecular formula is C11H16N4O2S. The standard InChI is InChI=1S/C11H16N4O2S/c1-15(2)11-13-10(16-3)9(18-11)7-12-6-8-4-5-17-14-8/h4-5,12H,6-7H2,1-3H3. The molecule has 98 valence electrons. The van der Waals surface area contributed by atoms with E-state index in [-0.39, 0.29) is 0 Å². The first-order chi connectivity index (χ1) is 8.70. The molecule has 2 aromatic rings. The van der Waals surface area contributed by atoms with E-state index in [0.717, 1.165) is 15.7 Å². The predicted octanol–water partition coefficient (Wildman–Crippen LogP) is 1.50. The molecule has 2 heterocycles. The highest BCUT2D eigenvalue weighted by Gasteiger charge is 2.12. The molecule has 0 amide bonds. The van der Waals surface area contributed by atoms with Crippen molar-refractivity contribution in [3.05, 3.63) is 22.9 Å². The second-order valence-electron chi connectivity index (χ2n) is 3.92. The molecular weight excluding hydrogens is 252 g/mol. The van der Waals surface area contributed by atoms with Gasteiger partial charge in [0.05, 0.1) is 17.7 Å². The SMILES string of the molecule is COc1nc(N(C)C)sc1CNCc1ccon1. The Hall–Kier alpha value is -1.60. The fraction of sp³-hybridized carbons (Fsp3) is 0.455. The molecule has 0 fully saturated rings. The maximum Gasteiger partial charge on any atom is 0.230 e. The average Bonchev–Trinajstić information content (AvgIpc) is 2.97. The fourth-order valence-corrected chi connectivity index (χ4v) is 2.34. The zero-order valence-corrected chi connectivity index (χ0v) is 11.5. The molecule has 1 N–H and O–H groups in total. The summed E-state index contributed by atoms with van der Waals surface area (Å²) in [6.07, 6.45) is 1.56. The van der Waals surface area contributed by atoms with E-state index in [0.29, 0.717) is 19.0 Å². The van der Waals surface area contributed by atoms with Gasteiger partial charge in [-0.2, -0.15) is 4.98 Å². The highest BCUT2D eigenvalue weighted by molar-refractivity contribution is 7.15. The molecule has 0 aromatic carbocycles. The van der Waals surface area contributed by atoms with Gasteiger partial charge in [-0.1, -0.05) is 16.5 Å². The van der Waals surface area contributed by atoms with Crippen LogP contribution in [0.25, 0.3) is 0 Å². The normalized spacial score (nSPS) is 10.6. The van der Waals surface area contributed by atoms with Crippen molar-refractivity contribution in [2.45, 2.75) is 13.1 Å². The second kappa shape index (κ2) is 5.83. The van der Waals surface area contributed by atoms with Crippen molar-refractivity contribution in [1.82, 2.24) is 15.5 Å². The third-order valence-corrected chi connectivity index (χ3v) is 3.51. The molecule has 0 aliphatic rings. The second-order valence-corrected chi connectivity index (χ2v) is 4.98. The summed E-state index contributed by atoms with van der Waals surface area (Å²) < 4.78 is 10.0. The van der Waals surface area contributed by atoms with Gasteiger partial charge in [-0.3, -0.25) is 0 Å². The van der Waals surface area contributed by atoms with Gasteiger partial charge in [0, 0.05) is 33.3 Å². The molecule has 0 unspecified atom stereocenters. The minimum atomic E-state index is 0.662. The Bertz CT molecular complexity index is 481. The maximum absolute atomic E-state index is 5.26. The molecule has 18 heavy (non-hydrogen) atoms. The van der Waals surface area contributed by atoms with Crippen LogP contribution in [0.5, 0.6) is 5.88 Å². The molecule has 0 spiro atoms. The lowest BCUT2D eigenvalue weighted by Gasteiger charge is -2.04. The Labute approximate surface area is 110 Å². The van der Waals surface area contributed by atoms with Crippen molar-refractivity contribution in [2.75, 3.05) is 26.1 Å². The van der Waals surface area contributed by atoms with Crippen LogP contribution in [0.2, 0.25) is 0 Å². The summed E-state index contributed by atoms with van der Waals surface area (Å²) in [5.41, 5.74) is 0.881. The molecule has 7 heteroatoms. The van der Waals surface area contributed by atoms with Crippen LogP contribution in [0.4, 0.5) is 5.13 Å². The third-order valence-electron chi connectivity index (χ3n) is 2.31. The zero-order chi connectivity index (χ0) is 13.0. The Morgan fingerprint density at radius 1 is 1.44 bits per heavy atom. The van der Waals surface area contributed by atoms with Gasteiger partial charge in [0.15, 0.2) is 5.13 Å². The monoisotopic (exact) mass is 268 g/mol. The van der Waals surface area contributed by atoms with Crippen LogP contribution in [0.15, 0.2) is 16.9 Å². The number of anilines is 1. The summed E-state index contributed by atoms with van der Waals surface area (Å²) in [5.74, 6) is 0.677. The summed E-state index contributed by atoms with van der Waals surface area (Å²) in [6.45, 7) is 1.36. The molecule has 2 aromatic heterocycles. The number of thiazole rings is 1. The third kappa shape index (κ3) is 2.99. The van der Waals surface area contributed by atoms with Crippen LogP contribution in [0.3, 0.4) is 0 Å². The molecule has 0 radical (unpaired) electrons. The summed E-state index contributed by atoms with van der Waals surface area (Å²) in [5, 5.41) is 8.05. The van der Waals surface area contributed by atoms with Crippen LogP contribution in [-0.2, 0) is 13.1 Å². The van der Waals surface area contributed by atoms with E-state index < -0.39 is 0 Å². The zero-order valence-electron chi connectivity index (χ0n) is 10.6. The molecule has 2 rings (SSSR count). The predicted molar refractivity (Wildman–Crippen MR) is 70.0 cm³/mol. The van der Waals surface area contributed by atoms with Crippen molar-refractivity contribution >= 4 is 16.5 Å². The smallest absolute Gasteiger partial charge is 0.230 e. The number of rotatable bonds is 6. The molecule has 6 nitrogen and oxygen atoms in total. The largest absolute Gasteiger partial charge is 0.480 e. The summed E-state index contributed by atoms with van der Waals surface area (Å²) in [6, 6.07) is 1.84. The molecule has 0 saturated heterocycles.